The summed E-state index contributed by atoms with van der Waals surface area (Å²) in [6.07, 6.45) is -4.03. The number of likely N-dealkylation sites (tertiary alicyclic amines) is 1. The van der Waals surface area contributed by atoms with E-state index in [9.17, 15) is 21.6 Å². The van der Waals surface area contributed by atoms with Gasteiger partial charge in [0.1, 0.15) is 0 Å². The van der Waals surface area contributed by atoms with Crippen LogP contribution in [-0.4, -0.2) is 45.7 Å². The third-order valence-electron chi connectivity index (χ3n) is 5.06. The predicted molar refractivity (Wildman–Crippen MR) is 114 cm³/mol. The van der Waals surface area contributed by atoms with E-state index in [2.05, 4.69) is 9.62 Å². The number of sulfonamides is 1. The molecule has 32 heavy (non-hydrogen) atoms. The molecule has 0 spiro atoms. The Balaban J connectivity index is 1.63. The number of alkyl halides is 3. The molecule has 1 fully saturated rings. The van der Waals surface area contributed by atoms with E-state index in [-0.39, 0.29) is 12.1 Å². The molecule has 0 aromatic heterocycles. The van der Waals surface area contributed by atoms with Crippen molar-refractivity contribution in [3.63, 3.8) is 0 Å². The number of hydrogen-bond donors (Lipinski definition) is 1. The van der Waals surface area contributed by atoms with Gasteiger partial charge in [0, 0.05) is 25.7 Å². The number of benzene rings is 2. The second kappa shape index (κ2) is 9.68. The van der Waals surface area contributed by atoms with Gasteiger partial charge in [-0.3, -0.25) is 4.90 Å². The summed E-state index contributed by atoms with van der Waals surface area (Å²) in [4.78, 5) is 1.69. The highest BCUT2D eigenvalue weighted by Crippen LogP contribution is 2.31. The molecule has 1 atom stereocenters. The SMILES string of the molecule is COc1cc(CN2CCC(NS(=O)(=O)c3cccc(C(F)(F)F)c3)C2)ccc1OC(C)C. The first-order chi connectivity index (χ1) is 15.0. The highest BCUT2D eigenvalue weighted by molar-refractivity contribution is 7.89. The Morgan fingerprint density at radius 3 is 2.56 bits per heavy atom. The number of halogens is 3. The lowest BCUT2D eigenvalue weighted by Crippen LogP contribution is -2.37. The summed E-state index contributed by atoms with van der Waals surface area (Å²) in [6, 6.07) is 9.04. The Kier molecular flexibility index (Phi) is 7.36. The van der Waals surface area contributed by atoms with Crippen LogP contribution in [0, 0.1) is 0 Å². The third-order valence-corrected chi connectivity index (χ3v) is 6.58. The van der Waals surface area contributed by atoms with Crippen molar-refractivity contribution in [2.24, 2.45) is 0 Å². The lowest BCUT2D eigenvalue weighted by molar-refractivity contribution is -0.137. The molecule has 176 valence electrons. The maximum absolute atomic E-state index is 12.9. The van der Waals surface area contributed by atoms with Gasteiger partial charge in [-0.25, -0.2) is 13.1 Å². The fraction of sp³-hybridized carbons (Fsp3) is 0.455. The van der Waals surface area contributed by atoms with Gasteiger partial charge < -0.3 is 9.47 Å². The third kappa shape index (κ3) is 6.14. The molecule has 1 aliphatic heterocycles. The van der Waals surface area contributed by atoms with Crippen LogP contribution in [0.4, 0.5) is 13.2 Å². The minimum atomic E-state index is -4.60. The van der Waals surface area contributed by atoms with Gasteiger partial charge >= 0.3 is 6.18 Å². The van der Waals surface area contributed by atoms with E-state index in [0.717, 1.165) is 23.8 Å². The zero-order chi connectivity index (χ0) is 23.5. The summed E-state index contributed by atoms with van der Waals surface area (Å²) in [5, 5.41) is 0. The van der Waals surface area contributed by atoms with E-state index >= 15 is 0 Å². The molecule has 0 bridgehead atoms. The number of nitrogens with zero attached hydrogens (tertiary/aromatic N) is 1. The topological polar surface area (TPSA) is 67.9 Å². The molecular weight excluding hydrogens is 445 g/mol. The van der Waals surface area contributed by atoms with Crippen LogP contribution in [0.2, 0.25) is 0 Å². The number of rotatable bonds is 8. The van der Waals surface area contributed by atoms with Crippen molar-refractivity contribution in [3.8, 4) is 11.5 Å². The summed E-state index contributed by atoms with van der Waals surface area (Å²) in [7, 11) is -2.49. The second-order valence-corrected chi connectivity index (χ2v) is 9.73. The summed E-state index contributed by atoms with van der Waals surface area (Å²) in [5.41, 5.74) is -0.00777. The van der Waals surface area contributed by atoms with E-state index in [4.69, 9.17) is 9.47 Å². The van der Waals surface area contributed by atoms with Crippen molar-refractivity contribution in [1.82, 2.24) is 9.62 Å². The van der Waals surface area contributed by atoms with E-state index in [1.165, 1.54) is 0 Å². The van der Waals surface area contributed by atoms with Crippen molar-refractivity contribution in [2.45, 2.75) is 50.0 Å². The molecule has 6 nitrogen and oxygen atoms in total. The maximum atomic E-state index is 12.9. The maximum Gasteiger partial charge on any atom is 0.416 e. The van der Waals surface area contributed by atoms with Crippen LogP contribution in [0.15, 0.2) is 47.4 Å². The van der Waals surface area contributed by atoms with Crippen LogP contribution in [0.3, 0.4) is 0 Å². The molecule has 0 radical (unpaired) electrons. The Bertz CT molecular complexity index is 1040. The highest BCUT2D eigenvalue weighted by Gasteiger charge is 2.33. The van der Waals surface area contributed by atoms with Gasteiger partial charge in [0.2, 0.25) is 10.0 Å². The minimum absolute atomic E-state index is 0.0129. The Morgan fingerprint density at radius 1 is 1.16 bits per heavy atom. The Labute approximate surface area is 186 Å². The van der Waals surface area contributed by atoms with Gasteiger partial charge in [-0.1, -0.05) is 12.1 Å². The van der Waals surface area contributed by atoms with Crippen LogP contribution in [0.1, 0.15) is 31.4 Å². The number of ether oxygens (including phenoxy) is 2. The first-order valence-corrected chi connectivity index (χ1v) is 11.7. The molecule has 2 aromatic rings. The molecule has 1 saturated heterocycles. The highest BCUT2D eigenvalue weighted by atomic mass is 32.2. The van der Waals surface area contributed by atoms with Crippen LogP contribution in [-0.2, 0) is 22.7 Å². The molecule has 1 aliphatic rings. The number of nitrogens with one attached hydrogen (secondary N) is 1. The fourth-order valence-corrected chi connectivity index (χ4v) is 4.93. The number of hydrogen-bond acceptors (Lipinski definition) is 5. The van der Waals surface area contributed by atoms with Crippen molar-refractivity contribution in [1.29, 1.82) is 0 Å². The van der Waals surface area contributed by atoms with Gasteiger partial charge in [-0.15, -0.1) is 0 Å². The van der Waals surface area contributed by atoms with Crippen molar-refractivity contribution in [2.75, 3.05) is 20.2 Å². The minimum Gasteiger partial charge on any atom is -0.493 e. The molecule has 0 saturated carbocycles. The molecule has 10 heteroatoms. The van der Waals surface area contributed by atoms with Gasteiger partial charge in [-0.2, -0.15) is 13.2 Å². The summed E-state index contributed by atoms with van der Waals surface area (Å²) < 4.78 is 77.7. The predicted octanol–water partition coefficient (Wildman–Crippen LogP) is 4.05. The standard InChI is InChI=1S/C22H27F3N2O4S/c1-15(2)31-20-8-7-16(11-21(20)30-3)13-27-10-9-18(14-27)26-32(28,29)19-6-4-5-17(12-19)22(23,24)25/h4-8,11-12,15,18,26H,9-10,13-14H2,1-3H3. The van der Waals surface area contributed by atoms with E-state index in [1.807, 2.05) is 32.0 Å². The molecular formula is C22H27F3N2O4S. The first-order valence-electron chi connectivity index (χ1n) is 10.2. The lowest BCUT2D eigenvalue weighted by atomic mass is 10.2. The number of methoxy groups -OCH3 is 1. The molecule has 0 amide bonds. The zero-order valence-corrected chi connectivity index (χ0v) is 19.0. The first kappa shape index (κ1) is 24.3. The fourth-order valence-electron chi connectivity index (χ4n) is 3.62. The van der Waals surface area contributed by atoms with Crippen molar-refractivity contribution >= 4 is 10.0 Å². The summed E-state index contributed by atoms with van der Waals surface area (Å²) in [6.45, 7) is 5.55. The van der Waals surface area contributed by atoms with Crippen molar-refractivity contribution < 1.29 is 31.1 Å². The van der Waals surface area contributed by atoms with E-state index in [1.54, 1.807) is 7.11 Å². The molecule has 0 aliphatic carbocycles. The normalized spacial score (nSPS) is 17.7. The molecule has 1 N–H and O–H groups in total. The van der Waals surface area contributed by atoms with Crippen LogP contribution < -0.4 is 14.2 Å². The van der Waals surface area contributed by atoms with Crippen LogP contribution in [0.25, 0.3) is 0 Å². The summed E-state index contributed by atoms with van der Waals surface area (Å²) in [5.74, 6) is 1.27. The monoisotopic (exact) mass is 472 g/mol. The van der Waals surface area contributed by atoms with E-state index < -0.39 is 26.7 Å². The van der Waals surface area contributed by atoms with Crippen LogP contribution in [0.5, 0.6) is 11.5 Å². The van der Waals surface area contributed by atoms with Crippen molar-refractivity contribution in [3.05, 3.63) is 53.6 Å². The molecule has 2 aromatic carbocycles. The second-order valence-electron chi connectivity index (χ2n) is 8.02. The Hall–Kier alpha value is -2.30. The molecule has 3 rings (SSSR count). The van der Waals surface area contributed by atoms with E-state index in [0.29, 0.717) is 43.6 Å². The van der Waals surface area contributed by atoms with Gasteiger partial charge in [0.25, 0.3) is 0 Å². The average molecular weight is 473 g/mol. The largest absolute Gasteiger partial charge is 0.493 e. The molecule has 1 unspecified atom stereocenters. The van der Waals surface area contributed by atoms with Crippen LogP contribution >= 0.6 is 0 Å². The Morgan fingerprint density at radius 2 is 1.91 bits per heavy atom. The lowest BCUT2D eigenvalue weighted by Gasteiger charge is -2.19. The summed E-state index contributed by atoms with van der Waals surface area (Å²) >= 11 is 0. The van der Waals surface area contributed by atoms with Gasteiger partial charge in [-0.05, 0) is 56.2 Å². The molecule has 1 heterocycles. The zero-order valence-electron chi connectivity index (χ0n) is 18.1. The quantitative estimate of drug-likeness (QED) is 0.628. The smallest absolute Gasteiger partial charge is 0.416 e. The van der Waals surface area contributed by atoms with Gasteiger partial charge in [0.05, 0.1) is 23.7 Å². The van der Waals surface area contributed by atoms with Gasteiger partial charge in [0.15, 0.2) is 11.5 Å². The average Bonchev–Trinajstić information content (AvgIpc) is 3.14.